The number of alkyl halides is 1. The van der Waals surface area contributed by atoms with Crippen LogP contribution in [0.2, 0.25) is 0 Å². The number of halogens is 1. The largest absolute Gasteiger partial charge is 0.314 e. The summed E-state index contributed by atoms with van der Waals surface area (Å²) in [5.74, 6) is 1.97. The first-order valence-electron chi connectivity index (χ1n) is 8.24. The van der Waals surface area contributed by atoms with Crippen molar-refractivity contribution in [3.8, 4) is 0 Å². The molecule has 0 bridgehead atoms. The second-order valence-electron chi connectivity index (χ2n) is 6.15. The number of rotatable bonds is 3. The predicted molar refractivity (Wildman–Crippen MR) is 81.2 cm³/mol. The van der Waals surface area contributed by atoms with Crippen molar-refractivity contribution < 1.29 is 4.39 Å². The van der Waals surface area contributed by atoms with Crippen LogP contribution in [0.1, 0.15) is 47.0 Å². The van der Waals surface area contributed by atoms with Crippen molar-refractivity contribution in [3.05, 3.63) is 0 Å². The Kier molecular flexibility index (Phi) is 7.93. The molecule has 2 heterocycles. The molecule has 1 N–H and O–H groups in total. The summed E-state index contributed by atoms with van der Waals surface area (Å²) in [6, 6.07) is 0. The molecule has 0 aromatic heterocycles. The van der Waals surface area contributed by atoms with Crippen molar-refractivity contribution in [2.75, 3.05) is 32.7 Å². The third-order valence-corrected chi connectivity index (χ3v) is 4.61. The fourth-order valence-corrected chi connectivity index (χ4v) is 3.21. The van der Waals surface area contributed by atoms with Crippen LogP contribution in [0.15, 0.2) is 0 Å². The van der Waals surface area contributed by atoms with Crippen molar-refractivity contribution >= 4 is 0 Å². The van der Waals surface area contributed by atoms with Crippen LogP contribution in [0.4, 0.5) is 4.39 Å². The van der Waals surface area contributed by atoms with Crippen molar-refractivity contribution in [3.63, 3.8) is 0 Å². The average Bonchev–Trinajstić information content (AvgIpc) is 2.44. The smallest absolute Gasteiger partial charge is 0.117 e. The number of likely N-dealkylation sites (tertiary alicyclic amines) is 1. The molecular weight excluding hydrogens is 239 g/mol. The van der Waals surface area contributed by atoms with Gasteiger partial charge in [0.15, 0.2) is 0 Å². The van der Waals surface area contributed by atoms with Crippen LogP contribution < -0.4 is 5.32 Å². The molecule has 2 nitrogen and oxygen atoms in total. The summed E-state index contributed by atoms with van der Waals surface area (Å²) in [5, 5.41) is 3.13. The SMILES string of the molecule is CC.CC(C)C1CCN(C[C@H]2CCNC[C@H]2F)CC1. The van der Waals surface area contributed by atoms with Crippen LogP contribution in [-0.4, -0.2) is 43.8 Å². The van der Waals surface area contributed by atoms with Gasteiger partial charge < -0.3 is 10.2 Å². The van der Waals surface area contributed by atoms with Gasteiger partial charge in [-0.3, -0.25) is 0 Å². The molecule has 0 amide bonds. The second-order valence-corrected chi connectivity index (χ2v) is 6.15. The second kappa shape index (κ2) is 8.91. The van der Waals surface area contributed by atoms with E-state index in [0.29, 0.717) is 6.54 Å². The maximum Gasteiger partial charge on any atom is 0.117 e. The Balaban J connectivity index is 0.000000861. The van der Waals surface area contributed by atoms with Gasteiger partial charge in [0, 0.05) is 19.0 Å². The molecular formula is C16H33FN2. The van der Waals surface area contributed by atoms with E-state index < -0.39 is 6.17 Å². The predicted octanol–water partition coefficient (Wildman–Crippen LogP) is 3.33. The van der Waals surface area contributed by atoms with Crippen LogP contribution in [0.25, 0.3) is 0 Å². The van der Waals surface area contributed by atoms with E-state index in [1.807, 2.05) is 13.8 Å². The minimum absolute atomic E-state index is 0.270. The summed E-state index contributed by atoms with van der Waals surface area (Å²) in [7, 11) is 0. The molecule has 0 saturated carbocycles. The lowest BCUT2D eigenvalue weighted by atomic mass is 9.86. The molecule has 0 aliphatic carbocycles. The van der Waals surface area contributed by atoms with Crippen LogP contribution in [-0.2, 0) is 0 Å². The average molecular weight is 272 g/mol. The van der Waals surface area contributed by atoms with Crippen molar-refractivity contribution in [1.82, 2.24) is 10.2 Å². The molecule has 2 aliphatic rings. The van der Waals surface area contributed by atoms with Gasteiger partial charge in [0.2, 0.25) is 0 Å². The molecule has 0 spiro atoms. The Morgan fingerprint density at radius 1 is 1.16 bits per heavy atom. The van der Waals surface area contributed by atoms with E-state index in [1.54, 1.807) is 0 Å². The lowest BCUT2D eigenvalue weighted by molar-refractivity contribution is 0.0929. The van der Waals surface area contributed by atoms with Gasteiger partial charge >= 0.3 is 0 Å². The third kappa shape index (κ3) is 5.39. The van der Waals surface area contributed by atoms with Gasteiger partial charge in [-0.1, -0.05) is 27.7 Å². The molecule has 2 saturated heterocycles. The van der Waals surface area contributed by atoms with E-state index in [4.69, 9.17) is 0 Å². The summed E-state index contributed by atoms with van der Waals surface area (Å²) < 4.78 is 13.7. The van der Waals surface area contributed by atoms with Gasteiger partial charge in [0.25, 0.3) is 0 Å². The van der Waals surface area contributed by atoms with Gasteiger partial charge in [0.05, 0.1) is 0 Å². The van der Waals surface area contributed by atoms with Gasteiger partial charge in [-0.25, -0.2) is 4.39 Å². The van der Waals surface area contributed by atoms with E-state index >= 15 is 0 Å². The van der Waals surface area contributed by atoms with Gasteiger partial charge in [-0.05, 0) is 50.7 Å². The Bertz CT molecular complexity index is 225. The van der Waals surface area contributed by atoms with Gasteiger partial charge in [-0.15, -0.1) is 0 Å². The van der Waals surface area contributed by atoms with E-state index in [0.717, 1.165) is 31.3 Å². The molecule has 19 heavy (non-hydrogen) atoms. The van der Waals surface area contributed by atoms with E-state index in [1.165, 1.54) is 25.9 Å². The fourth-order valence-electron chi connectivity index (χ4n) is 3.21. The van der Waals surface area contributed by atoms with E-state index in [9.17, 15) is 4.39 Å². The van der Waals surface area contributed by atoms with Gasteiger partial charge in [0.1, 0.15) is 6.17 Å². The molecule has 2 aliphatic heterocycles. The lowest BCUT2D eigenvalue weighted by Crippen LogP contribution is -2.45. The molecule has 2 rings (SSSR count). The highest BCUT2D eigenvalue weighted by Gasteiger charge is 2.28. The first-order chi connectivity index (χ1) is 9.16. The third-order valence-electron chi connectivity index (χ3n) is 4.61. The zero-order valence-corrected chi connectivity index (χ0v) is 13.3. The fraction of sp³-hybridized carbons (Fsp3) is 1.00. The van der Waals surface area contributed by atoms with Crippen LogP contribution >= 0.6 is 0 Å². The molecule has 0 radical (unpaired) electrons. The van der Waals surface area contributed by atoms with Crippen LogP contribution in [0.5, 0.6) is 0 Å². The summed E-state index contributed by atoms with van der Waals surface area (Å²) in [6.45, 7) is 13.5. The topological polar surface area (TPSA) is 15.3 Å². The molecule has 0 unspecified atom stereocenters. The molecule has 114 valence electrons. The first-order valence-corrected chi connectivity index (χ1v) is 8.24. The monoisotopic (exact) mass is 272 g/mol. The number of piperidine rings is 2. The molecule has 2 fully saturated rings. The lowest BCUT2D eigenvalue weighted by Gasteiger charge is -2.37. The number of nitrogens with zero attached hydrogens (tertiary/aromatic N) is 1. The molecule has 0 aromatic carbocycles. The Labute approximate surface area is 119 Å². The highest BCUT2D eigenvalue weighted by molar-refractivity contribution is 4.82. The molecule has 2 atom stereocenters. The number of hydrogen-bond acceptors (Lipinski definition) is 2. The maximum absolute atomic E-state index is 13.7. The molecule has 3 heteroatoms. The Morgan fingerprint density at radius 3 is 2.32 bits per heavy atom. The van der Waals surface area contributed by atoms with E-state index in [2.05, 4.69) is 24.1 Å². The Hall–Kier alpha value is -0.150. The Morgan fingerprint density at radius 2 is 1.79 bits per heavy atom. The van der Waals surface area contributed by atoms with Crippen molar-refractivity contribution in [2.24, 2.45) is 17.8 Å². The van der Waals surface area contributed by atoms with Gasteiger partial charge in [-0.2, -0.15) is 0 Å². The number of hydrogen-bond donors (Lipinski definition) is 1. The van der Waals surface area contributed by atoms with Crippen LogP contribution in [0.3, 0.4) is 0 Å². The molecule has 0 aromatic rings. The van der Waals surface area contributed by atoms with E-state index in [-0.39, 0.29) is 5.92 Å². The zero-order chi connectivity index (χ0) is 14.3. The summed E-state index contributed by atoms with van der Waals surface area (Å²) >= 11 is 0. The minimum Gasteiger partial charge on any atom is -0.314 e. The highest BCUT2D eigenvalue weighted by atomic mass is 19.1. The van der Waals surface area contributed by atoms with Crippen molar-refractivity contribution in [2.45, 2.75) is 53.1 Å². The maximum atomic E-state index is 13.7. The highest BCUT2D eigenvalue weighted by Crippen LogP contribution is 2.26. The summed E-state index contributed by atoms with van der Waals surface area (Å²) in [4.78, 5) is 2.49. The van der Waals surface area contributed by atoms with Crippen molar-refractivity contribution in [1.29, 1.82) is 0 Å². The minimum atomic E-state index is -0.633. The quantitative estimate of drug-likeness (QED) is 0.848. The zero-order valence-electron chi connectivity index (χ0n) is 13.3. The summed E-state index contributed by atoms with van der Waals surface area (Å²) in [6.07, 6.45) is 2.98. The standard InChI is InChI=1S/C14H27FN2.C2H6/c1-11(2)12-4-7-17(8-5-12)10-13-3-6-16-9-14(13)15;1-2/h11-14,16H,3-10H2,1-2H3;1-2H3/t13-,14-;/m1./s1. The number of nitrogens with one attached hydrogen (secondary N) is 1. The first kappa shape index (κ1) is 16.9. The summed E-state index contributed by atoms with van der Waals surface area (Å²) in [5.41, 5.74) is 0. The normalized spacial score (nSPS) is 30.0. The van der Waals surface area contributed by atoms with Crippen LogP contribution in [0, 0.1) is 17.8 Å².